The molecule has 1 atom stereocenters. The lowest BCUT2D eigenvalue weighted by molar-refractivity contribution is -0.123. The Morgan fingerprint density at radius 1 is 1.13 bits per heavy atom. The number of rotatable bonds is 5. The molecular formula is C17H22ClN3O2. The molecule has 3 N–H and O–H groups in total. The summed E-state index contributed by atoms with van der Waals surface area (Å²) >= 11 is 5.79. The number of hydrogen-bond acceptors (Lipinski definition) is 3. The largest absolute Gasteiger partial charge is 0.354 e. The lowest BCUT2D eigenvalue weighted by Crippen LogP contribution is -2.37. The van der Waals surface area contributed by atoms with E-state index < -0.39 is 0 Å². The molecule has 1 aliphatic heterocycles. The SMILES string of the molecule is O=C(NCCNC(=O)C1CC12CCNCC2)c1ccc(Cl)cc1. The molecule has 0 aromatic heterocycles. The van der Waals surface area contributed by atoms with E-state index in [1.165, 1.54) is 0 Å². The minimum absolute atomic E-state index is 0.132. The van der Waals surface area contributed by atoms with Crippen LogP contribution in [-0.2, 0) is 4.79 Å². The minimum Gasteiger partial charge on any atom is -0.354 e. The summed E-state index contributed by atoms with van der Waals surface area (Å²) in [5.74, 6) is 0.140. The first-order valence-electron chi connectivity index (χ1n) is 8.13. The minimum atomic E-state index is -0.155. The molecule has 0 bridgehead atoms. The maximum atomic E-state index is 12.2. The van der Waals surface area contributed by atoms with Crippen molar-refractivity contribution in [2.75, 3.05) is 26.2 Å². The van der Waals surface area contributed by atoms with Crippen molar-refractivity contribution in [1.29, 1.82) is 0 Å². The Morgan fingerprint density at radius 2 is 1.78 bits per heavy atom. The summed E-state index contributed by atoms with van der Waals surface area (Å²) in [4.78, 5) is 24.1. The van der Waals surface area contributed by atoms with Crippen molar-refractivity contribution in [3.8, 4) is 0 Å². The number of piperidine rings is 1. The standard InChI is InChI=1S/C17H22ClN3O2/c18-13-3-1-12(2-4-13)15(22)20-9-10-21-16(23)14-11-17(14)5-7-19-8-6-17/h1-4,14,19H,5-11H2,(H,20,22)(H,21,23). The predicted molar refractivity (Wildman–Crippen MR) is 89.4 cm³/mol. The van der Waals surface area contributed by atoms with Crippen molar-refractivity contribution >= 4 is 23.4 Å². The highest BCUT2D eigenvalue weighted by Crippen LogP contribution is 2.58. The summed E-state index contributed by atoms with van der Waals surface area (Å²) in [6.45, 7) is 2.92. The smallest absolute Gasteiger partial charge is 0.251 e. The van der Waals surface area contributed by atoms with Crippen LogP contribution in [-0.4, -0.2) is 38.0 Å². The van der Waals surface area contributed by atoms with Crippen LogP contribution in [0.25, 0.3) is 0 Å². The normalized spacial score (nSPS) is 21.7. The maximum absolute atomic E-state index is 12.2. The van der Waals surface area contributed by atoms with Crippen molar-refractivity contribution in [3.05, 3.63) is 34.9 Å². The van der Waals surface area contributed by atoms with Crippen LogP contribution in [0.1, 0.15) is 29.6 Å². The van der Waals surface area contributed by atoms with Crippen LogP contribution in [0.3, 0.4) is 0 Å². The highest BCUT2D eigenvalue weighted by atomic mass is 35.5. The number of carbonyl (C=O) groups excluding carboxylic acids is 2. The van der Waals surface area contributed by atoms with Gasteiger partial charge in [0.2, 0.25) is 5.91 Å². The maximum Gasteiger partial charge on any atom is 0.251 e. The van der Waals surface area contributed by atoms with Gasteiger partial charge in [0.1, 0.15) is 0 Å². The van der Waals surface area contributed by atoms with Crippen LogP contribution in [0.4, 0.5) is 0 Å². The van der Waals surface area contributed by atoms with Gasteiger partial charge in [-0.2, -0.15) is 0 Å². The fraction of sp³-hybridized carbons (Fsp3) is 0.529. The van der Waals surface area contributed by atoms with Gasteiger partial charge in [-0.3, -0.25) is 9.59 Å². The van der Waals surface area contributed by atoms with Gasteiger partial charge in [0.15, 0.2) is 0 Å². The lowest BCUT2D eigenvalue weighted by atomic mass is 9.92. The van der Waals surface area contributed by atoms with Crippen LogP contribution in [0.5, 0.6) is 0 Å². The summed E-state index contributed by atoms with van der Waals surface area (Å²) in [6, 6.07) is 6.73. The van der Waals surface area contributed by atoms with E-state index in [9.17, 15) is 9.59 Å². The van der Waals surface area contributed by atoms with Gasteiger partial charge in [-0.25, -0.2) is 0 Å². The van der Waals surface area contributed by atoms with Gasteiger partial charge in [0.25, 0.3) is 5.91 Å². The van der Waals surface area contributed by atoms with Crippen LogP contribution in [0.2, 0.25) is 5.02 Å². The second kappa shape index (κ2) is 6.89. The third kappa shape index (κ3) is 3.85. The van der Waals surface area contributed by atoms with Gasteiger partial charge in [-0.05, 0) is 62.0 Å². The van der Waals surface area contributed by atoms with E-state index in [-0.39, 0.29) is 23.1 Å². The molecule has 2 fully saturated rings. The Bertz CT molecular complexity index is 582. The molecule has 1 unspecified atom stereocenters. The molecule has 2 aliphatic rings. The molecule has 0 radical (unpaired) electrons. The number of halogens is 1. The molecule has 1 spiro atoms. The third-order valence-electron chi connectivity index (χ3n) is 4.92. The van der Waals surface area contributed by atoms with E-state index in [1.54, 1.807) is 24.3 Å². The molecule has 1 saturated heterocycles. The second-order valence-corrected chi connectivity index (χ2v) is 6.86. The van der Waals surface area contributed by atoms with Gasteiger partial charge >= 0.3 is 0 Å². The number of amides is 2. The van der Waals surface area contributed by atoms with Gasteiger partial charge in [-0.1, -0.05) is 11.6 Å². The first kappa shape index (κ1) is 16.3. The van der Waals surface area contributed by atoms with Crippen LogP contribution in [0.15, 0.2) is 24.3 Å². The summed E-state index contributed by atoms with van der Waals surface area (Å²) in [7, 11) is 0. The highest BCUT2D eigenvalue weighted by molar-refractivity contribution is 6.30. The summed E-state index contributed by atoms with van der Waals surface area (Å²) in [5, 5.41) is 9.67. The first-order chi connectivity index (χ1) is 11.1. The summed E-state index contributed by atoms with van der Waals surface area (Å²) in [6.07, 6.45) is 3.20. The molecule has 6 heteroatoms. The van der Waals surface area contributed by atoms with E-state index in [1.807, 2.05) is 0 Å². The van der Waals surface area contributed by atoms with Gasteiger partial charge in [0, 0.05) is 29.6 Å². The molecule has 124 valence electrons. The van der Waals surface area contributed by atoms with Crippen molar-refractivity contribution in [2.24, 2.45) is 11.3 Å². The van der Waals surface area contributed by atoms with Crippen LogP contribution >= 0.6 is 11.6 Å². The van der Waals surface area contributed by atoms with E-state index >= 15 is 0 Å². The molecule has 5 nitrogen and oxygen atoms in total. The van der Waals surface area contributed by atoms with Gasteiger partial charge < -0.3 is 16.0 Å². The molecular weight excluding hydrogens is 314 g/mol. The molecule has 3 rings (SSSR count). The Kier molecular flexibility index (Phi) is 4.87. The van der Waals surface area contributed by atoms with E-state index in [2.05, 4.69) is 16.0 Å². The topological polar surface area (TPSA) is 70.2 Å². The Morgan fingerprint density at radius 3 is 2.48 bits per heavy atom. The van der Waals surface area contributed by atoms with Crippen molar-refractivity contribution in [1.82, 2.24) is 16.0 Å². The number of hydrogen-bond donors (Lipinski definition) is 3. The molecule has 1 aliphatic carbocycles. The van der Waals surface area contributed by atoms with Gasteiger partial charge in [-0.15, -0.1) is 0 Å². The molecule has 23 heavy (non-hydrogen) atoms. The van der Waals surface area contributed by atoms with Crippen molar-refractivity contribution in [2.45, 2.75) is 19.3 Å². The van der Waals surface area contributed by atoms with E-state index in [4.69, 9.17) is 11.6 Å². The Balaban J connectivity index is 1.36. The zero-order valence-corrected chi connectivity index (χ0v) is 13.8. The zero-order valence-electron chi connectivity index (χ0n) is 13.0. The van der Waals surface area contributed by atoms with E-state index in [0.29, 0.717) is 23.7 Å². The van der Waals surface area contributed by atoms with Crippen LogP contribution in [0, 0.1) is 11.3 Å². The number of benzene rings is 1. The molecule has 1 aromatic carbocycles. The molecule has 1 heterocycles. The average molecular weight is 336 g/mol. The fourth-order valence-electron chi connectivity index (χ4n) is 3.38. The van der Waals surface area contributed by atoms with E-state index in [0.717, 1.165) is 32.4 Å². The number of nitrogens with one attached hydrogen (secondary N) is 3. The number of carbonyl (C=O) groups is 2. The monoisotopic (exact) mass is 335 g/mol. The third-order valence-corrected chi connectivity index (χ3v) is 5.17. The average Bonchev–Trinajstić information content (AvgIpc) is 3.25. The lowest BCUT2D eigenvalue weighted by Gasteiger charge is -2.23. The summed E-state index contributed by atoms with van der Waals surface area (Å²) in [5.41, 5.74) is 0.818. The quantitative estimate of drug-likeness (QED) is 0.715. The molecule has 1 saturated carbocycles. The molecule has 1 aromatic rings. The van der Waals surface area contributed by atoms with Crippen molar-refractivity contribution in [3.63, 3.8) is 0 Å². The van der Waals surface area contributed by atoms with Crippen molar-refractivity contribution < 1.29 is 9.59 Å². The highest BCUT2D eigenvalue weighted by Gasteiger charge is 2.57. The predicted octanol–water partition coefficient (Wildman–Crippen LogP) is 1.58. The fourth-order valence-corrected chi connectivity index (χ4v) is 3.51. The Hall–Kier alpha value is -1.59. The Labute approximate surface area is 141 Å². The van der Waals surface area contributed by atoms with Gasteiger partial charge in [0.05, 0.1) is 0 Å². The molecule has 2 amide bonds. The van der Waals surface area contributed by atoms with Crippen LogP contribution < -0.4 is 16.0 Å². The summed E-state index contributed by atoms with van der Waals surface area (Å²) < 4.78 is 0. The second-order valence-electron chi connectivity index (χ2n) is 6.42. The first-order valence-corrected chi connectivity index (χ1v) is 8.51. The zero-order chi connectivity index (χ0) is 16.3.